The number of ether oxygens (including phenoxy) is 1. The van der Waals surface area contributed by atoms with E-state index in [-0.39, 0.29) is 21.2 Å². The standard InChI is InChI=1S/C14H12ClF6NO3.C12H12ClF3N2O2/c1-7(9-4-3-8(5-10(9)15)14(19,20)21)22(2)11(23)12(24)25-6-13(16,17)18;1-6(18(2)11(20)10(17)19)8-4-3-7(5-9(8)13)12(14,15)16/h3-5,7H,6H2,1-2H3;3-6H,1-2H3,(H2,17,19). The molecule has 0 aromatic heterocycles. The maximum atomic E-state index is 12.6. The fourth-order valence-corrected chi connectivity index (χ4v) is 4.06. The molecule has 2 N–H and O–H groups in total. The monoisotopic (exact) mass is 699 g/mol. The normalized spacial score (nSPS) is 13.1. The van der Waals surface area contributed by atoms with E-state index in [2.05, 4.69) is 4.74 Å². The zero-order valence-electron chi connectivity index (χ0n) is 23.5. The number of nitrogens with zero attached hydrogens (tertiary/aromatic N) is 2. The van der Waals surface area contributed by atoms with Gasteiger partial charge >= 0.3 is 42.2 Å². The number of benzene rings is 2. The maximum absolute atomic E-state index is 12.6. The minimum Gasteiger partial charge on any atom is -0.449 e. The number of carbonyl (C=O) groups is 4. The number of esters is 1. The Kier molecular flexibility index (Phi) is 13.1. The molecule has 45 heavy (non-hydrogen) atoms. The molecule has 8 nitrogen and oxygen atoms in total. The molecule has 2 atom stereocenters. The van der Waals surface area contributed by atoms with Gasteiger partial charge in [0.25, 0.3) is 0 Å². The lowest BCUT2D eigenvalue weighted by Gasteiger charge is -2.25. The number of carbonyl (C=O) groups excluding carboxylic acids is 4. The first-order chi connectivity index (χ1) is 20.3. The molecule has 2 unspecified atom stereocenters. The van der Waals surface area contributed by atoms with Crippen molar-refractivity contribution in [3.63, 3.8) is 0 Å². The molecule has 250 valence electrons. The third-order valence-electron chi connectivity index (χ3n) is 6.11. The number of primary amides is 1. The van der Waals surface area contributed by atoms with Gasteiger partial charge in [0.05, 0.1) is 23.2 Å². The fourth-order valence-electron chi connectivity index (χ4n) is 3.38. The van der Waals surface area contributed by atoms with Gasteiger partial charge in [0.15, 0.2) is 6.61 Å². The molecule has 2 rings (SSSR count). The SMILES string of the molecule is CC(c1ccc(C(F)(F)F)cc1Cl)N(C)C(=O)C(=O)OCC(F)(F)F.CC(c1ccc(C(F)(F)F)cc1Cl)N(C)C(=O)C(N)=O. The third kappa shape index (κ3) is 11.3. The van der Waals surface area contributed by atoms with Crippen molar-refractivity contribution in [1.82, 2.24) is 9.80 Å². The number of likely N-dealkylation sites (N-methyl/N-ethyl adjacent to an activating group) is 2. The number of amides is 3. The van der Waals surface area contributed by atoms with E-state index < -0.39 is 72.0 Å². The van der Waals surface area contributed by atoms with Crippen molar-refractivity contribution in [3.8, 4) is 0 Å². The van der Waals surface area contributed by atoms with Crippen LogP contribution in [0.15, 0.2) is 36.4 Å². The van der Waals surface area contributed by atoms with E-state index in [1.54, 1.807) is 0 Å². The number of hydrogen-bond donors (Lipinski definition) is 1. The topological polar surface area (TPSA) is 110 Å². The molecule has 0 aliphatic carbocycles. The summed E-state index contributed by atoms with van der Waals surface area (Å²) in [6.45, 7) is 0.930. The molecule has 0 heterocycles. The Morgan fingerprint density at radius 1 is 0.733 bits per heavy atom. The van der Waals surface area contributed by atoms with Gasteiger partial charge in [-0.3, -0.25) is 14.4 Å². The molecule has 3 amide bonds. The fraction of sp³-hybridized carbons (Fsp3) is 0.385. The molecule has 0 bridgehead atoms. The van der Waals surface area contributed by atoms with Crippen molar-refractivity contribution in [3.05, 3.63) is 68.7 Å². The Morgan fingerprint density at radius 2 is 1.09 bits per heavy atom. The minimum atomic E-state index is -4.79. The number of hydrogen-bond acceptors (Lipinski definition) is 5. The highest BCUT2D eigenvalue weighted by atomic mass is 35.5. The molecule has 0 saturated heterocycles. The molecule has 2 aromatic rings. The van der Waals surface area contributed by atoms with E-state index in [0.717, 1.165) is 36.2 Å². The van der Waals surface area contributed by atoms with Crippen molar-refractivity contribution in [2.45, 2.75) is 44.5 Å². The van der Waals surface area contributed by atoms with Gasteiger partial charge in [0, 0.05) is 24.1 Å². The zero-order chi connectivity index (χ0) is 35.2. The van der Waals surface area contributed by atoms with Gasteiger partial charge in [0.2, 0.25) is 0 Å². The summed E-state index contributed by atoms with van der Waals surface area (Å²) >= 11 is 11.6. The van der Waals surface area contributed by atoms with Crippen LogP contribution in [0.1, 0.15) is 48.2 Å². The summed E-state index contributed by atoms with van der Waals surface area (Å²) in [7, 11) is 2.39. The Bertz CT molecular complexity index is 1420. The van der Waals surface area contributed by atoms with Gasteiger partial charge in [-0.2, -0.15) is 39.5 Å². The lowest BCUT2D eigenvalue weighted by molar-refractivity contribution is -0.189. The van der Waals surface area contributed by atoms with Crippen LogP contribution in [0.4, 0.5) is 39.5 Å². The van der Waals surface area contributed by atoms with Crippen LogP contribution in [0.3, 0.4) is 0 Å². The molecular formula is C26H24Cl2F9N3O5. The Morgan fingerprint density at radius 3 is 1.38 bits per heavy atom. The van der Waals surface area contributed by atoms with Crippen molar-refractivity contribution in [1.29, 1.82) is 0 Å². The van der Waals surface area contributed by atoms with Gasteiger partial charge in [-0.1, -0.05) is 35.3 Å². The number of rotatable bonds is 5. The van der Waals surface area contributed by atoms with Crippen LogP contribution in [0, 0.1) is 0 Å². The number of nitrogens with two attached hydrogens (primary N) is 1. The van der Waals surface area contributed by atoms with Crippen molar-refractivity contribution < 1.29 is 63.4 Å². The van der Waals surface area contributed by atoms with Gasteiger partial charge in [0.1, 0.15) is 0 Å². The minimum absolute atomic E-state index is 0.0779. The van der Waals surface area contributed by atoms with Crippen LogP contribution in [0.5, 0.6) is 0 Å². The van der Waals surface area contributed by atoms with Gasteiger partial charge in [-0.05, 0) is 49.2 Å². The molecule has 0 fully saturated rings. The highest BCUT2D eigenvalue weighted by Gasteiger charge is 2.35. The second-order valence-electron chi connectivity index (χ2n) is 9.21. The molecule has 0 radical (unpaired) electrons. The Balaban J connectivity index is 0.000000461. The Hall–Kier alpha value is -3.73. The van der Waals surface area contributed by atoms with Crippen LogP contribution < -0.4 is 5.73 Å². The lowest BCUT2D eigenvalue weighted by atomic mass is 10.0. The predicted molar refractivity (Wildman–Crippen MR) is 141 cm³/mol. The van der Waals surface area contributed by atoms with Crippen LogP contribution >= 0.6 is 23.2 Å². The van der Waals surface area contributed by atoms with Crippen LogP contribution in [-0.2, 0) is 36.3 Å². The molecular weight excluding hydrogens is 676 g/mol. The first kappa shape index (κ1) is 39.3. The summed E-state index contributed by atoms with van der Waals surface area (Å²) in [5.41, 5.74) is 3.33. The van der Waals surface area contributed by atoms with Gasteiger partial charge in [-0.15, -0.1) is 0 Å². The second-order valence-corrected chi connectivity index (χ2v) is 10.0. The van der Waals surface area contributed by atoms with Crippen LogP contribution in [-0.4, -0.2) is 60.4 Å². The summed E-state index contributed by atoms with van der Waals surface area (Å²) < 4.78 is 115. The van der Waals surface area contributed by atoms with Crippen molar-refractivity contribution in [2.24, 2.45) is 5.73 Å². The first-order valence-electron chi connectivity index (χ1n) is 12.1. The van der Waals surface area contributed by atoms with Crippen molar-refractivity contribution in [2.75, 3.05) is 20.7 Å². The Labute approximate surface area is 259 Å². The van der Waals surface area contributed by atoms with Crippen LogP contribution in [0.2, 0.25) is 10.0 Å². The first-order valence-corrected chi connectivity index (χ1v) is 12.9. The van der Waals surface area contributed by atoms with E-state index in [0.29, 0.717) is 11.0 Å². The maximum Gasteiger partial charge on any atom is 0.422 e. The van der Waals surface area contributed by atoms with Gasteiger partial charge < -0.3 is 20.3 Å². The molecule has 19 heteroatoms. The third-order valence-corrected chi connectivity index (χ3v) is 6.77. The summed E-state index contributed by atoms with van der Waals surface area (Å²) in [4.78, 5) is 47.1. The summed E-state index contributed by atoms with van der Waals surface area (Å²) in [6.07, 6.45) is -13.9. The quantitative estimate of drug-likeness (QED) is 0.222. The highest BCUT2D eigenvalue weighted by Crippen LogP contribution is 2.36. The van der Waals surface area contributed by atoms with E-state index in [4.69, 9.17) is 28.9 Å². The predicted octanol–water partition coefficient (Wildman–Crippen LogP) is 6.35. The average molecular weight is 700 g/mol. The van der Waals surface area contributed by atoms with Crippen molar-refractivity contribution >= 4 is 46.9 Å². The van der Waals surface area contributed by atoms with Crippen LogP contribution in [0.25, 0.3) is 0 Å². The molecule has 0 aliphatic heterocycles. The summed E-state index contributed by atoms with van der Waals surface area (Å²) in [6, 6.07) is 3.52. The van der Waals surface area contributed by atoms with Gasteiger partial charge in [-0.25, -0.2) is 4.79 Å². The summed E-state index contributed by atoms with van der Waals surface area (Å²) in [5.74, 6) is -5.24. The molecule has 0 aliphatic rings. The van der Waals surface area contributed by atoms with E-state index in [1.165, 1.54) is 27.0 Å². The number of alkyl halides is 9. The van der Waals surface area contributed by atoms with E-state index in [9.17, 15) is 58.7 Å². The lowest BCUT2D eigenvalue weighted by Crippen LogP contribution is -2.39. The largest absolute Gasteiger partial charge is 0.449 e. The smallest absolute Gasteiger partial charge is 0.422 e. The zero-order valence-corrected chi connectivity index (χ0v) is 25.0. The van der Waals surface area contributed by atoms with E-state index >= 15 is 0 Å². The molecule has 0 spiro atoms. The number of halogens is 11. The highest BCUT2D eigenvalue weighted by molar-refractivity contribution is 6.34. The molecule has 0 saturated carbocycles. The average Bonchev–Trinajstić information content (AvgIpc) is 2.92. The van der Waals surface area contributed by atoms with E-state index in [1.807, 2.05) is 0 Å². The second kappa shape index (κ2) is 15.0. The summed E-state index contributed by atoms with van der Waals surface area (Å²) in [5, 5.41) is -0.456. The molecule has 2 aromatic carbocycles.